The second-order valence-corrected chi connectivity index (χ2v) is 6.55. The van der Waals surface area contributed by atoms with Crippen molar-refractivity contribution in [3.8, 4) is 0 Å². The van der Waals surface area contributed by atoms with Crippen LogP contribution in [-0.4, -0.2) is 22.2 Å². The van der Waals surface area contributed by atoms with Crippen molar-refractivity contribution in [1.82, 2.24) is 0 Å². The van der Waals surface area contributed by atoms with Crippen molar-refractivity contribution >= 4 is 23.3 Å². The highest BCUT2D eigenvalue weighted by Crippen LogP contribution is 2.39. The highest BCUT2D eigenvalue weighted by Gasteiger charge is 2.33. The Hall–Kier alpha value is -2.92. The standard InChI is InChI=1S/C20H16O4S/c21-19(22)17(20(23)24)15-11-12-25-18(15)16(13-7-3-1-4-8-13)14-9-5-2-6-10-14/h1-12,16-17H,(H,21,22)(H,23,24). The molecule has 3 aromatic rings. The minimum Gasteiger partial charge on any atom is -0.480 e. The van der Waals surface area contributed by atoms with Gasteiger partial charge in [0.1, 0.15) is 0 Å². The molecule has 0 unspecified atom stereocenters. The van der Waals surface area contributed by atoms with Crippen LogP contribution >= 0.6 is 11.3 Å². The van der Waals surface area contributed by atoms with Crippen molar-refractivity contribution in [3.05, 3.63) is 93.7 Å². The van der Waals surface area contributed by atoms with E-state index in [4.69, 9.17) is 0 Å². The quantitative estimate of drug-likeness (QED) is 0.653. The summed E-state index contributed by atoms with van der Waals surface area (Å²) < 4.78 is 0. The molecule has 0 radical (unpaired) electrons. The molecule has 25 heavy (non-hydrogen) atoms. The molecular weight excluding hydrogens is 336 g/mol. The Morgan fingerprint density at radius 3 is 1.68 bits per heavy atom. The van der Waals surface area contributed by atoms with Gasteiger partial charge < -0.3 is 10.2 Å². The lowest BCUT2D eigenvalue weighted by atomic mass is 9.85. The lowest BCUT2D eigenvalue weighted by Gasteiger charge is -2.20. The van der Waals surface area contributed by atoms with E-state index in [0.717, 1.165) is 16.0 Å². The monoisotopic (exact) mass is 352 g/mol. The highest BCUT2D eigenvalue weighted by atomic mass is 32.1. The zero-order chi connectivity index (χ0) is 17.8. The second-order valence-electron chi connectivity index (χ2n) is 5.60. The fourth-order valence-corrected chi connectivity index (χ4v) is 4.05. The van der Waals surface area contributed by atoms with Crippen LogP contribution in [0.25, 0.3) is 0 Å². The third kappa shape index (κ3) is 3.46. The Bertz CT molecular complexity index is 817. The van der Waals surface area contributed by atoms with E-state index >= 15 is 0 Å². The number of carbonyl (C=O) groups is 2. The molecule has 0 saturated heterocycles. The molecule has 0 atom stereocenters. The fraction of sp³-hybridized carbons (Fsp3) is 0.100. The van der Waals surface area contributed by atoms with Crippen LogP contribution in [0, 0.1) is 0 Å². The van der Waals surface area contributed by atoms with Gasteiger partial charge in [0, 0.05) is 10.8 Å². The van der Waals surface area contributed by atoms with Gasteiger partial charge in [-0.1, -0.05) is 60.7 Å². The van der Waals surface area contributed by atoms with Gasteiger partial charge in [-0.15, -0.1) is 11.3 Å². The SMILES string of the molecule is O=C(O)C(C(=O)O)c1ccsc1C(c1ccccc1)c1ccccc1. The summed E-state index contributed by atoms with van der Waals surface area (Å²) in [5.74, 6) is -4.49. The van der Waals surface area contributed by atoms with Gasteiger partial charge in [0.15, 0.2) is 5.92 Å². The smallest absolute Gasteiger partial charge is 0.322 e. The number of hydrogen-bond acceptors (Lipinski definition) is 3. The largest absolute Gasteiger partial charge is 0.480 e. The molecule has 4 nitrogen and oxygen atoms in total. The van der Waals surface area contributed by atoms with E-state index in [2.05, 4.69) is 0 Å². The zero-order valence-electron chi connectivity index (χ0n) is 13.2. The molecule has 3 rings (SSSR count). The Morgan fingerprint density at radius 1 is 0.760 bits per heavy atom. The van der Waals surface area contributed by atoms with Crippen molar-refractivity contribution in [2.24, 2.45) is 0 Å². The van der Waals surface area contributed by atoms with E-state index in [1.165, 1.54) is 11.3 Å². The first-order valence-corrected chi connectivity index (χ1v) is 8.60. The number of aliphatic carboxylic acids is 2. The van der Waals surface area contributed by atoms with Crippen LogP contribution in [0.2, 0.25) is 0 Å². The minimum atomic E-state index is -1.57. The summed E-state index contributed by atoms with van der Waals surface area (Å²) in [6, 6.07) is 21.0. The van der Waals surface area contributed by atoms with Gasteiger partial charge in [-0.25, -0.2) is 0 Å². The van der Waals surface area contributed by atoms with Crippen LogP contribution in [0.4, 0.5) is 0 Å². The second kappa shape index (κ2) is 7.32. The third-order valence-corrected chi connectivity index (χ3v) is 5.06. The first-order chi connectivity index (χ1) is 12.1. The van der Waals surface area contributed by atoms with Gasteiger partial charge in [0.2, 0.25) is 0 Å². The number of benzene rings is 2. The molecule has 2 N–H and O–H groups in total. The normalized spacial score (nSPS) is 11.0. The van der Waals surface area contributed by atoms with Crippen molar-refractivity contribution in [2.75, 3.05) is 0 Å². The van der Waals surface area contributed by atoms with Crippen LogP contribution in [-0.2, 0) is 9.59 Å². The van der Waals surface area contributed by atoms with Crippen molar-refractivity contribution in [3.63, 3.8) is 0 Å². The maximum Gasteiger partial charge on any atom is 0.322 e. The van der Waals surface area contributed by atoms with Crippen LogP contribution in [0.3, 0.4) is 0 Å². The average molecular weight is 352 g/mol. The fourth-order valence-electron chi connectivity index (χ4n) is 2.96. The number of rotatable bonds is 6. The number of hydrogen-bond donors (Lipinski definition) is 2. The Balaban J connectivity index is 2.18. The first kappa shape index (κ1) is 16.9. The molecule has 0 aliphatic rings. The van der Waals surface area contributed by atoms with Crippen LogP contribution < -0.4 is 0 Å². The summed E-state index contributed by atoms with van der Waals surface area (Å²) in [5.41, 5.74) is 2.32. The molecule has 0 saturated carbocycles. The van der Waals surface area contributed by atoms with Gasteiger partial charge in [-0.05, 0) is 28.1 Å². The molecule has 126 valence electrons. The highest BCUT2D eigenvalue weighted by molar-refractivity contribution is 7.10. The topological polar surface area (TPSA) is 74.6 Å². The molecule has 1 aromatic heterocycles. The van der Waals surface area contributed by atoms with Crippen LogP contribution in [0.5, 0.6) is 0 Å². The van der Waals surface area contributed by atoms with Crippen molar-refractivity contribution < 1.29 is 19.8 Å². The van der Waals surface area contributed by atoms with Crippen LogP contribution in [0.15, 0.2) is 72.1 Å². The van der Waals surface area contributed by atoms with Gasteiger partial charge >= 0.3 is 11.9 Å². The van der Waals surface area contributed by atoms with E-state index in [9.17, 15) is 19.8 Å². The van der Waals surface area contributed by atoms with E-state index in [-0.39, 0.29) is 5.92 Å². The Kier molecular flexibility index (Phi) is 4.95. The van der Waals surface area contributed by atoms with Crippen molar-refractivity contribution in [1.29, 1.82) is 0 Å². The lowest BCUT2D eigenvalue weighted by Crippen LogP contribution is -2.22. The van der Waals surface area contributed by atoms with Gasteiger partial charge in [0.25, 0.3) is 0 Å². The summed E-state index contributed by atoms with van der Waals surface area (Å²) in [7, 11) is 0. The minimum absolute atomic E-state index is 0.210. The maximum absolute atomic E-state index is 11.5. The molecule has 0 spiro atoms. The van der Waals surface area contributed by atoms with E-state index in [1.807, 2.05) is 60.7 Å². The maximum atomic E-state index is 11.5. The van der Waals surface area contributed by atoms with E-state index < -0.39 is 17.9 Å². The first-order valence-electron chi connectivity index (χ1n) is 7.72. The van der Waals surface area contributed by atoms with Crippen LogP contribution in [0.1, 0.15) is 33.4 Å². The van der Waals surface area contributed by atoms with Gasteiger partial charge in [-0.3, -0.25) is 9.59 Å². The molecular formula is C20H16O4S. The number of carboxylic acids is 2. The van der Waals surface area contributed by atoms with Crippen molar-refractivity contribution in [2.45, 2.75) is 11.8 Å². The summed E-state index contributed by atoms with van der Waals surface area (Å²) in [6.07, 6.45) is 0. The number of carboxylic acid groups (broad SMARTS) is 2. The molecule has 0 aliphatic carbocycles. The predicted molar refractivity (Wildman–Crippen MR) is 96.2 cm³/mol. The molecule has 1 heterocycles. The zero-order valence-corrected chi connectivity index (χ0v) is 14.0. The Morgan fingerprint density at radius 2 is 1.24 bits per heavy atom. The van der Waals surface area contributed by atoms with E-state index in [1.54, 1.807) is 11.4 Å². The summed E-state index contributed by atoms with van der Waals surface area (Å²) >= 11 is 1.38. The van der Waals surface area contributed by atoms with Gasteiger partial charge in [0.05, 0.1) is 0 Å². The average Bonchev–Trinajstić information content (AvgIpc) is 3.05. The molecule has 5 heteroatoms. The molecule has 0 amide bonds. The van der Waals surface area contributed by atoms with E-state index in [0.29, 0.717) is 5.56 Å². The third-order valence-electron chi connectivity index (χ3n) is 4.06. The molecule has 0 aliphatic heterocycles. The molecule has 0 fully saturated rings. The predicted octanol–water partition coefficient (Wildman–Crippen LogP) is 4.18. The number of thiophene rings is 1. The lowest BCUT2D eigenvalue weighted by molar-refractivity contribution is -0.150. The summed E-state index contributed by atoms with van der Waals surface area (Å²) in [6.45, 7) is 0. The Labute approximate surface area is 149 Å². The molecule has 0 bridgehead atoms. The summed E-state index contributed by atoms with van der Waals surface area (Å²) in [4.78, 5) is 23.8. The van der Waals surface area contributed by atoms with Gasteiger partial charge in [-0.2, -0.15) is 0 Å². The molecule has 2 aromatic carbocycles. The summed E-state index contributed by atoms with van der Waals surface area (Å²) in [5, 5.41) is 20.5.